The Morgan fingerprint density at radius 2 is 2.00 bits per heavy atom. The SMILES string of the molecule is COc1c(C)cnc(CS(=O)c2nc3cc(Oc4ccc5c(c4)OCO5)c(NC(C)=O)cc3[nH]2)c1C. The molecular weight excluding hydrogens is 484 g/mol. The number of methoxy groups -OCH3 is 1. The van der Waals surface area contributed by atoms with Crippen molar-refractivity contribution >= 4 is 33.4 Å². The Bertz CT molecular complexity index is 1520. The fourth-order valence-corrected chi connectivity index (χ4v) is 5.07. The topological polar surface area (TPSA) is 125 Å². The molecule has 0 fully saturated rings. The van der Waals surface area contributed by atoms with E-state index in [0.717, 1.165) is 16.9 Å². The van der Waals surface area contributed by atoms with Crippen molar-refractivity contribution < 1.29 is 28.0 Å². The second-order valence-electron chi connectivity index (χ2n) is 8.24. The number of aromatic nitrogens is 3. The molecule has 3 heterocycles. The lowest BCUT2D eigenvalue weighted by molar-refractivity contribution is -0.114. The first-order valence-corrected chi connectivity index (χ1v) is 12.4. The molecule has 1 aliphatic rings. The fourth-order valence-electron chi connectivity index (χ4n) is 3.97. The fraction of sp³-hybridized carbons (Fsp3) is 0.240. The van der Waals surface area contributed by atoms with Gasteiger partial charge in [-0.05, 0) is 32.0 Å². The van der Waals surface area contributed by atoms with Gasteiger partial charge in [-0.1, -0.05) is 0 Å². The number of nitrogens with zero attached hydrogens (tertiary/aromatic N) is 2. The van der Waals surface area contributed by atoms with Crippen LogP contribution in [0.5, 0.6) is 28.7 Å². The Morgan fingerprint density at radius 3 is 2.78 bits per heavy atom. The van der Waals surface area contributed by atoms with Crippen LogP contribution in [-0.2, 0) is 21.3 Å². The van der Waals surface area contributed by atoms with Crippen molar-refractivity contribution in [2.75, 3.05) is 19.2 Å². The Kier molecular flexibility index (Phi) is 6.23. The molecule has 0 aliphatic carbocycles. The van der Waals surface area contributed by atoms with Crippen LogP contribution in [0.1, 0.15) is 23.7 Å². The molecular formula is C25H24N4O6S. The number of imidazole rings is 1. The van der Waals surface area contributed by atoms with Crippen LogP contribution in [0.3, 0.4) is 0 Å². The first-order valence-electron chi connectivity index (χ1n) is 11.1. The minimum Gasteiger partial charge on any atom is -0.496 e. The maximum Gasteiger partial charge on any atom is 0.231 e. The van der Waals surface area contributed by atoms with Gasteiger partial charge >= 0.3 is 0 Å². The number of pyridine rings is 1. The van der Waals surface area contributed by atoms with Crippen LogP contribution >= 0.6 is 0 Å². The maximum absolute atomic E-state index is 13.2. The number of amides is 1. The third-order valence-electron chi connectivity index (χ3n) is 5.68. The van der Waals surface area contributed by atoms with Crippen molar-refractivity contribution in [3.05, 3.63) is 53.3 Å². The van der Waals surface area contributed by atoms with Crippen molar-refractivity contribution in [1.82, 2.24) is 15.0 Å². The molecule has 0 saturated heterocycles. The molecule has 11 heteroatoms. The van der Waals surface area contributed by atoms with E-state index in [1.54, 1.807) is 43.6 Å². The predicted molar refractivity (Wildman–Crippen MR) is 133 cm³/mol. The second kappa shape index (κ2) is 9.50. The van der Waals surface area contributed by atoms with Gasteiger partial charge in [0.15, 0.2) is 22.4 Å². The number of nitrogens with one attached hydrogen (secondary N) is 2. The minimum absolute atomic E-state index is 0.152. The highest BCUT2D eigenvalue weighted by Crippen LogP contribution is 2.39. The average Bonchev–Trinajstić information content (AvgIpc) is 3.47. The summed E-state index contributed by atoms with van der Waals surface area (Å²) < 4.78 is 35.4. The smallest absolute Gasteiger partial charge is 0.231 e. The van der Waals surface area contributed by atoms with Gasteiger partial charge in [0.25, 0.3) is 0 Å². The van der Waals surface area contributed by atoms with Gasteiger partial charge in [0.2, 0.25) is 12.7 Å². The number of fused-ring (bicyclic) bond motifs is 2. The molecule has 0 radical (unpaired) electrons. The van der Waals surface area contributed by atoms with Gasteiger partial charge in [-0.3, -0.25) is 14.0 Å². The number of anilines is 1. The summed E-state index contributed by atoms with van der Waals surface area (Å²) in [6.45, 7) is 5.37. The number of H-pyrrole nitrogens is 1. The lowest BCUT2D eigenvalue weighted by Crippen LogP contribution is -2.07. The van der Waals surface area contributed by atoms with Crippen molar-refractivity contribution in [1.29, 1.82) is 0 Å². The Labute approximate surface area is 209 Å². The molecule has 36 heavy (non-hydrogen) atoms. The normalized spacial score (nSPS) is 13.0. The maximum atomic E-state index is 13.2. The van der Waals surface area contributed by atoms with E-state index in [9.17, 15) is 9.00 Å². The van der Waals surface area contributed by atoms with Crippen LogP contribution in [0, 0.1) is 13.8 Å². The van der Waals surface area contributed by atoms with Crippen LogP contribution in [0.25, 0.3) is 11.0 Å². The largest absolute Gasteiger partial charge is 0.496 e. The van der Waals surface area contributed by atoms with Gasteiger partial charge in [-0.15, -0.1) is 0 Å². The summed E-state index contributed by atoms with van der Waals surface area (Å²) in [6, 6.07) is 8.58. The van der Waals surface area contributed by atoms with E-state index in [2.05, 4.69) is 20.3 Å². The highest BCUT2D eigenvalue weighted by atomic mass is 32.2. The molecule has 0 saturated carbocycles. The summed E-state index contributed by atoms with van der Waals surface area (Å²) in [6.07, 6.45) is 1.70. The number of carbonyl (C=O) groups is 1. The van der Waals surface area contributed by atoms with Gasteiger partial charge in [-0.2, -0.15) is 0 Å². The Morgan fingerprint density at radius 1 is 1.19 bits per heavy atom. The summed E-state index contributed by atoms with van der Waals surface area (Å²) in [5.74, 6) is 2.72. The molecule has 10 nitrogen and oxygen atoms in total. The molecule has 4 aromatic rings. The van der Waals surface area contributed by atoms with Gasteiger partial charge in [0.05, 0.1) is 46.1 Å². The molecule has 2 aromatic carbocycles. The van der Waals surface area contributed by atoms with Crippen LogP contribution in [0.4, 0.5) is 5.69 Å². The van der Waals surface area contributed by atoms with Crippen LogP contribution in [0.2, 0.25) is 0 Å². The van der Waals surface area contributed by atoms with E-state index in [1.165, 1.54) is 6.92 Å². The Hall–Kier alpha value is -4.12. The van der Waals surface area contributed by atoms with Crippen LogP contribution in [0.15, 0.2) is 41.7 Å². The number of aromatic amines is 1. The molecule has 1 unspecified atom stereocenters. The molecule has 2 aromatic heterocycles. The standard InChI is InChI=1S/C25H24N4O6S/c1-13-10-26-20(14(2)24(13)32-4)11-36(31)25-28-17-8-19(27-15(3)30)22(9-18(17)29-25)35-16-5-6-21-23(7-16)34-12-33-21/h5-10H,11-12H2,1-4H3,(H,27,30)(H,28,29). The zero-order valence-corrected chi connectivity index (χ0v) is 20.9. The summed E-state index contributed by atoms with van der Waals surface area (Å²) in [7, 11) is 0.103. The number of ether oxygens (including phenoxy) is 4. The quantitative estimate of drug-likeness (QED) is 0.377. The predicted octanol–water partition coefficient (Wildman–Crippen LogP) is 4.37. The van der Waals surface area contributed by atoms with E-state index in [4.69, 9.17) is 18.9 Å². The number of carbonyl (C=O) groups excluding carboxylic acids is 1. The van der Waals surface area contributed by atoms with E-state index >= 15 is 0 Å². The van der Waals surface area contributed by atoms with Crippen LogP contribution < -0.4 is 24.3 Å². The van der Waals surface area contributed by atoms with Gasteiger partial charge < -0.3 is 29.2 Å². The first kappa shape index (κ1) is 23.6. The number of hydrogen-bond donors (Lipinski definition) is 2. The summed E-state index contributed by atoms with van der Waals surface area (Å²) in [5, 5.41) is 3.07. The van der Waals surface area contributed by atoms with Crippen molar-refractivity contribution in [2.24, 2.45) is 0 Å². The zero-order chi connectivity index (χ0) is 25.4. The number of aryl methyl sites for hydroxylation is 1. The lowest BCUT2D eigenvalue weighted by atomic mass is 10.1. The summed E-state index contributed by atoms with van der Waals surface area (Å²) in [5.41, 5.74) is 4.00. The molecule has 186 valence electrons. The van der Waals surface area contributed by atoms with Gasteiger partial charge in [-0.25, -0.2) is 4.98 Å². The van der Waals surface area contributed by atoms with E-state index in [-0.39, 0.29) is 18.5 Å². The van der Waals surface area contributed by atoms with E-state index < -0.39 is 10.8 Å². The van der Waals surface area contributed by atoms with Gasteiger partial charge in [0, 0.05) is 36.4 Å². The zero-order valence-electron chi connectivity index (χ0n) is 20.1. The highest BCUT2D eigenvalue weighted by Gasteiger charge is 2.19. The third-order valence-corrected chi connectivity index (χ3v) is 6.84. The third kappa shape index (κ3) is 4.57. The van der Waals surface area contributed by atoms with E-state index in [0.29, 0.717) is 50.6 Å². The summed E-state index contributed by atoms with van der Waals surface area (Å²) >= 11 is 0. The minimum atomic E-state index is -1.50. The molecule has 1 atom stereocenters. The highest BCUT2D eigenvalue weighted by molar-refractivity contribution is 7.84. The molecule has 1 amide bonds. The lowest BCUT2D eigenvalue weighted by Gasteiger charge is -2.12. The van der Waals surface area contributed by atoms with Gasteiger partial charge in [0.1, 0.15) is 11.5 Å². The van der Waals surface area contributed by atoms with Crippen molar-refractivity contribution in [3.8, 4) is 28.7 Å². The molecule has 0 spiro atoms. The molecule has 2 N–H and O–H groups in total. The number of benzene rings is 2. The van der Waals surface area contributed by atoms with E-state index in [1.807, 2.05) is 13.8 Å². The number of rotatable bonds is 7. The van der Waals surface area contributed by atoms with Crippen LogP contribution in [-0.4, -0.2) is 39.0 Å². The van der Waals surface area contributed by atoms with Crippen molar-refractivity contribution in [3.63, 3.8) is 0 Å². The number of hydrogen-bond acceptors (Lipinski definition) is 8. The summed E-state index contributed by atoms with van der Waals surface area (Å²) in [4.78, 5) is 23.9. The van der Waals surface area contributed by atoms with Crippen molar-refractivity contribution in [2.45, 2.75) is 31.7 Å². The average molecular weight is 509 g/mol. The Balaban J connectivity index is 1.46. The molecule has 5 rings (SSSR count). The molecule has 0 bridgehead atoms. The monoisotopic (exact) mass is 508 g/mol. The molecule has 1 aliphatic heterocycles. The first-order chi connectivity index (χ1) is 17.3. The second-order valence-corrected chi connectivity index (χ2v) is 9.61.